The first-order valence-corrected chi connectivity index (χ1v) is 4.97. The molecule has 2 rings (SSSR count). The number of H-pyrrole nitrogens is 1. The molecule has 1 aromatic rings. The summed E-state index contributed by atoms with van der Waals surface area (Å²) in [7, 11) is 0. The number of hydrogen-bond acceptors (Lipinski definition) is 4. The van der Waals surface area contributed by atoms with E-state index in [4.69, 9.17) is 6.11 Å². The van der Waals surface area contributed by atoms with Crippen molar-refractivity contribution in [3.63, 3.8) is 0 Å². The van der Waals surface area contributed by atoms with Crippen LogP contribution in [0.4, 0.5) is 0 Å². The summed E-state index contributed by atoms with van der Waals surface area (Å²) in [5, 5.41) is 9.60. The third-order valence-electron chi connectivity index (χ3n) is 2.66. The van der Waals surface area contributed by atoms with Crippen LogP contribution in [0.2, 0.25) is 0 Å². The molecule has 1 aliphatic heterocycles. The van der Waals surface area contributed by atoms with Gasteiger partial charge in [0.15, 0.2) is 0 Å². The van der Waals surface area contributed by atoms with Crippen molar-refractivity contribution in [2.24, 2.45) is 0 Å². The SMILES string of the molecule is [2H]CC1OC(n2cc(C)c(=O)[nH]c2=O)CC1O. The third kappa shape index (κ3) is 1.81. The van der Waals surface area contributed by atoms with Crippen LogP contribution in [0.25, 0.3) is 0 Å². The van der Waals surface area contributed by atoms with Gasteiger partial charge in [-0.1, -0.05) is 0 Å². The molecule has 6 heteroatoms. The molecule has 16 heavy (non-hydrogen) atoms. The molecule has 3 unspecified atom stereocenters. The number of nitrogens with zero attached hydrogens (tertiary/aromatic N) is 1. The van der Waals surface area contributed by atoms with E-state index in [-0.39, 0.29) is 13.3 Å². The Hall–Kier alpha value is -1.40. The van der Waals surface area contributed by atoms with Crippen molar-refractivity contribution in [2.45, 2.75) is 38.7 Å². The highest BCUT2D eigenvalue weighted by molar-refractivity contribution is 5.01. The van der Waals surface area contributed by atoms with Crippen LogP contribution >= 0.6 is 0 Å². The normalized spacial score (nSPS) is 30.4. The van der Waals surface area contributed by atoms with Gasteiger partial charge in [-0.05, 0) is 13.8 Å². The lowest BCUT2D eigenvalue weighted by atomic mass is 10.2. The molecule has 0 saturated carbocycles. The highest BCUT2D eigenvalue weighted by Crippen LogP contribution is 2.26. The first-order valence-electron chi connectivity index (χ1n) is 5.68. The van der Waals surface area contributed by atoms with Crippen molar-refractivity contribution in [2.75, 3.05) is 0 Å². The van der Waals surface area contributed by atoms with Crippen LogP contribution in [0.5, 0.6) is 0 Å². The first-order chi connectivity index (χ1) is 8.02. The van der Waals surface area contributed by atoms with Crippen LogP contribution in [0.15, 0.2) is 15.8 Å². The molecule has 1 fully saturated rings. The zero-order valence-corrected chi connectivity index (χ0v) is 8.84. The lowest BCUT2D eigenvalue weighted by Gasteiger charge is -2.13. The molecule has 1 aliphatic rings. The van der Waals surface area contributed by atoms with Crippen molar-refractivity contribution in [3.05, 3.63) is 32.6 Å². The van der Waals surface area contributed by atoms with Crippen LogP contribution in [0.1, 0.15) is 26.5 Å². The van der Waals surface area contributed by atoms with Crippen molar-refractivity contribution in [1.29, 1.82) is 0 Å². The smallest absolute Gasteiger partial charge is 0.330 e. The monoisotopic (exact) mass is 227 g/mol. The summed E-state index contributed by atoms with van der Waals surface area (Å²) in [5.74, 6) is 0. The Morgan fingerprint density at radius 2 is 2.44 bits per heavy atom. The van der Waals surface area contributed by atoms with Crippen LogP contribution in [-0.2, 0) is 4.74 Å². The second-order valence-electron chi connectivity index (χ2n) is 3.91. The Kier molecular flexibility index (Phi) is 2.37. The number of aryl methyl sites for hydroxylation is 1. The number of ether oxygens (including phenoxy) is 1. The van der Waals surface area contributed by atoms with Gasteiger partial charge in [-0.2, -0.15) is 0 Å². The summed E-state index contributed by atoms with van der Waals surface area (Å²) in [4.78, 5) is 25.0. The zero-order valence-electron chi connectivity index (χ0n) is 9.84. The van der Waals surface area contributed by atoms with Crippen molar-refractivity contribution >= 4 is 0 Å². The van der Waals surface area contributed by atoms with Crippen molar-refractivity contribution in [1.82, 2.24) is 9.55 Å². The van der Waals surface area contributed by atoms with E-state index < -0.39 is 29.7 Å². The molecule has 0 aliphatic carbocycles. The summed E-state index contributed by atoms with van der Waals surface area (Å²) < 4.78 is 13.8. The van der Waals surface area contributed by atoms with Gasteiger partial charge in [0.05, 0.1) is 12.2 Å². The summed E-state index contributed by atoms with van der Waals surface area (Å²) in [6.07, 6.45) is -0.307. The van der Waals surface area contributed by atoms with E-state index in [1.165, 1.54) is 10.8 Å². The van der Waals surface area contributed by atoms with Gasteiger partial charge in [-0.3, -0.25) is 14.3 Å². The molecule has 0 bridgehead atoms. The fourth-order valence-electron chi connectivity index (χ4n) is 1.69. The van der Waals surface area contributed by atoms with Crippen LogP contribution < -0.4 is 11.2 Å². The highest BCUT2D eigenvalue weighted by atomic mass is 16.5. The van der Waals surface area contributed by atoms with Gasteiger partial charge in [0.2, 0.25) is 0 Å². The second-order valence-corrected chi connectivity index (χ2v) is 3.91. The van der Waals surface area contributed by atoms with E-state index in [0.29, 0.717) is 5.56 Å². The van der Waals surface area contributed by atoms with Gasteiger partial charge in [0.1, 0.15) is 6.23 Å². The van der Waals surface area contributed by atoms with E-state index >= 15 is 0 Å². The average molecular weight is 227 g/mol. The summed E-state index contributed by atoms with van der Waals surface area (Å²) in [5.41, 5.74) is -0.595. The van der Waals surface area contributed by atoms with Gasteiger partial charge in [0, 0.05) is 19.6 Å². The maximum absolute atomic E-state index is 11.6. The van der Waals surface area contributed by atoms with E-state index in [0.717, 1.165) is 0 Å². The van der Waals surface area contributed by atoms with Gasteiger partial charge in [0.25, 0.3) is 5.56 Å². The molecule has 1 aromatic heterocycles. The zero-order chi connectivity index (χ0) is 12.6. The summed E-state index contributed by atoms with van der Waals surface area (Å²) >= 11 is 0. The number of rotatable bonds is 1. The first kappa shape index (κ1) is 9.80. The Balaban J connectivity index is 2.34. The van der Waals surface area contributed by atoms with Crippen molar-refractivity contribution in [3.8, 4) is 0 Å². The van der Waals surface area contributed by atoms with Gasteiger partial charge in [-0.25, -0.2) is 4.79 Å². The molecule has 0 radical (unpaired) electrons. The molecule has 1 saturated heterocycles. The molecule has 88 valence electrons. The fraction of sp³-hybridized carbons (Fsp3) is 0.600. The highest BCUT2D eigenvalue weighted by Gasteiger charge is 2.32. The lowest BCUT2D eigenvalue weighted by Crippen LogP contribution is -2.33. The number of aromatic nitrogens is 2. The molecule has 0 spiro atoms. The Morgan fingerprint density at radius 1 is 1.69 bits per heavy atom. The molecule has 3 atom stereocenters. The standard InChI is InChI=1S/C10H14N2O4/c1-5-4-12(10(15)11-9(5)14)8-3-7(13)6(2)16-8/h4,6-8,13H,3H2,1-2H3,(H,11,14,15)/i2D. The number of aliphatic hydroxyl groups excluding tert-OH is 1. The van der Waals surface area contributed by atoms with E-state index in [1.54, 1.807) is 6.92 Å². The Morgan fingerprint density at radius 3 is 3.06 bits per heavy atom. The largest absolute Gasteiger partial charge is 0.390 e. The van der Waals surface area contributed by atoms with Crippen LogP contribution in [0.3, 0.4) is 0 Å². The fourth-order valence-corrected chi connectivity index (χ4v) is 1.69. The lowest BCUT2D eigenvalue weighted by molar-refractivity contribution is -0.0102. The number of aromatic amines is 1. The Labute approximate surface area is 92.9 Å². The number of hydrogen-bond donors (Lipinski definition) is 2. The molecule has 2 heterocycles. The Bertz CT molecular complexity index is 524. The predicted octanol–water partition coefficient (Wildman–Crippen LogP) is -0.487. The van der Waals surface area contributed by atoms with Crippen molar-refractivity contribution < 1.29 is 11.2 Å². The molecule has 2 N–H and O–H groups in total. The van der Waals surface area contributed by atoms with E-state index in [9.17, 15) is 14.7 Å². The van der Waals surface area contributed by atoms with Gasteiger partial charge in [-0.15, -0.1) is 0 Å². The second kappa shape index (κ2) is 3.88. The molecule has 0 aromatic carbocycles. The summed E-state index contributed by atoms with van der Waals surface area (Å²) in [6.45, 7) is 1.52. The van der Waals surface area contributed by atoms with Crippen LogP contribution in [0, 0.1) is 6.92 Å². The molecular formula is C10H14N2O4. The maximum Gasteiger partial charge on any atom is 0.330 e. The minimum atomic E-state index is -0.753. The predicted molar refractivity (Wildman–Crippen MR) is 56.3 cm³/mol. The van der Waals surface area contributed by atoms with Gasteiger partial charge < -0.3 is 9.84 Å². The number of aliphatic hydroxyl groups is 1. The molecule has 0 amide bonds. The minimum Gasteiger partial charge on any atom is -0.390 e. The molecular weight excluding hydrogens is 212 g/mol. The quantitative estimate of drug-likeness (QED) is 0.678. The third-order valence-corrected chi connectivity index (χ3v) is 2.66. The van der Waals surface area contributed by atoms with E-state index in [2.05, 4.69) is 4.98 Å². The van der Waals surface area contributed by atoms with Crippen LogP contribution in [-0.4, -0.2) is 26.9 Å². The number of nitrogens with one attached hydrogen (secondary N) is 1. The minimum absolute atomic E-state index is 0.0608. The summed E-state index contributed by atoms with van der Waals surface area (Å²) in [6, 6.07) is 0. The molecule has 6 nitrogen and oxygen atoms in total. The van der Waals surface area contributed by atoms with Gasteiger partial charge >= 0.3 is 5.69 Å². The topological polar surface area (TPSA) is 84.3 Å². The maximum atomic E-state index is 11.6. The average Bonchev–Trinajstić information content (AvgIpc) is 2.65. The van der Waals surface area contributed by atoms with E-state index in [1.807, 2.05) is 0 Å².